The molecule has 4 nitrogen and oxygen atoms in total. The Hall–Kier alpha value is -0.560. The van der Waals surface area contributed by atoms with Crippen LogP contribution in [0, 0.1) is 6.92 Å². The predicted molar refractivity (Wildman–Crippen MR) is 70.4 cm³/mol. The van der Waals surface area contributed by atoms with Crippen molar-refractivity contribution in [2.75, 3.05) is 24.6 Å². The van der Waals surface area contributed by atoms with Gasteiger partial charge < -0.3 is 0 Å². The van der Waals surface area contributed by atoms with Gasteiger partial charge in [-0.05, 0) is 19.1 Å². The molecule has 0 saturated carbocycles. The van der Waals surface area contributed by atoms with Crippen molar-refractivity contribution in [3.8, 4) is 0 Å². The molecule has 1 heterocycles. The van der Waals surface area contributed by atoms with Crippen LogP contribution in [0.1, 0.15) is 5.56 Å². The lowest BCUT2D eigenvalue weighted by atomic mass is 10.2. The van der Waals surface area contributed by atoms with Crippen LogP contribution in [0.4, 0.5) is 0 Å². The van der Waals surface area contributed by atoms with Gasteiger partial charge in [-0.25, -0.2) is 13.4 Å². The molecule has 94 valence electrons. The van der Waals surface area contributed by atoms with Crippen molar-refractivity contribution in [1.82, 2.24) is 9.84 Å². The summed E-state index contributed by atoms with van der Waals surface area (Å²) >= 11 is 1.85. The van der Waals surface area contributed by atoms with Crippen LogP contribution >= 0.6 is 11.8 Å². The molecular weight excluding hydrogens is 256 g/mol. The molecule has 0 unspecified atom stereocenters. The van der Waals surface area contributed by atoms with Crippen LogP contribution in [0.25, 0.3) is 0 Å². The molecule has 0 atom stereocenters. The molecule has 1 fully saturated rings. The third-order valence-electron chi connectivity index (χ3n) is 2.59. The van der Waals surface area contributed by atoms with E-state index in [4.69, 9.17) is 0 Å². The van der Waals surface area contributed by atoms with Gasteiger partial charge in [0.1, 0.15) is 0 Å². The summed E-state index contributed by atoms with van der Waals surface area (Å²) in [6.45, 7) is 3.46. The van der Waals surface area contributed by atoms with Gasteiger partial charge in [-0.15, -0.1) is 4.83 Å². The number of nitrogens with one attached hydrogen (secondary N) is 1. The lowest BCUT2D eigenvalue weighted by molar-refractivity contribution is 0.267. The first-order valence-corrected chi connectivity index (χ1v) is 8.13. The maximum atomic E-state index is 12.1. The molecule has 0 aromatic heterocycles. The molecule has 1 aliphatic rings. The average Bonchev–Trinajstić information content (AvgIpc) is 2.30. The topological polar surface area (TPSA) is 49.4 Å². The highest BCUT2D eigenvalue weighted by Gasteiger charge is 2.19. The highest BCUT2D eigenvalue weighted by Crippen LogP contribution is 2.12. The van der Waals surface area contributed by atoms with Gasteiger partial charge in [-0.1, -0.05) is 17.7 Å². The number of hydrogen-bond acceptors (Lipinski definition) is 4. The normalized spacial score (nSPS) is 18.2. The fraction of sp³-hybridized carbons (Fsp3) is 0.455. The second-order valence-electron chi connectivity index (χ2n) is 4.01. The van der Waals surface area contributed by atoms with Crippen molar-refractivity contribution in [3.05, 3.63) is 29.8 Å². The first kappa shape index (κ1) is 12.9. The summed E-state index contributed by atoms with van der Waals surface area (Å²) in [5.74, 6) is 1.94. The highest BCUT2D eigenvalue weighted by atomic mass is 32.2. The van der Waals surface area contributed by atoms with Gasteiger partial charge in [-0.3, -0.25) is 0 Å². The van der Waals surface area contributed by atoms with E-state index in [1.807, 2.05) is 18.7 Å². The van der Waals surface area contributed by atoms with E-state index in [0.717, 1.165) is 30.2 Å². The minimum Gasteiger partial charge on any atom is -0.229 e. The standard InChI is InChI=1S/C11H16N2O2S2/c1-10-2-4-11(5-3-10)17(14,15)12-13-6-8-16-9-7-13/h2-5,12H,6-9H2,1H3. The molecule has 17 heavy (non-hydrogen) atoms. The van der Waals surface area contributed by atoms with Crippen LogP contribution < -0.4 is 4.83 Å². The van der Waals surface area contributed by atoms with E-state index < -0.39 is 10.0 Å². The monoisotopic (exact) mass is 272 g/mol. The van der Waals surface area contributed by atoms with Gasteiger partial charge >= 0.3 is 0 Å². The number of benzene rings is 1. The number of rotatable bonds is 3. The third-order valence-corrected chi connectivity index (χ3v) is 4.93. The van der Waals surface area contributed by atoms with E-state index in [9.17, 15) is 8.42 Å². The van der Waals surface area contributed by atoms with Gasteiger partial charge in [-0.2, -0.15) is 11.8 Å². The fourth-order valence-electron chi connectivity index (χ4n) is 1.59. The van der Waals surface area contributed by atoms with Crippen LogP contribution in [-0.4, -0.2) is 38.0 Å². The Morgan fingerprint density at radius 1 is 1.18 bits per heavy atom. The average molecular weight is 272 g/mol. The van der Waals surface area contributed by atoms with Gasteiger partial charge in [0.2, 0.25) is 0 Å². The molecule has 6 heteroatoms. The molecule has 0 aliphatic carbocycles. The van der Waals surface area contributed by atoms with Crippen molar-refractivity contribution >= 4 is 21.8 Å². The molecule has 0 amide bonds. The molecule has 1 N–H and O–H groups in total. The minimum atomic E-state index is -3.41. The molecular formula is C11H16N2O2S2. The molecule has 0 spiro atoms. The molecule has 1 saturated heterocycles. The number of hydrazine groups is 1. The smallest absolute Gasteiger partial charge is 0.229 e. The van der Waals surface area contributed by atoms with Crippen LogP contribution in [0.15, 0.2) is 29.2 Å². The Morgan fingerprint density at radius 2 is 1.76 bits per heavy atom. The largest absolute Gasteiger partial charge is 0.253 e. The highest BCUT2D eigenvalue weighted by molar-refractivity contribution is 7.99. The first-order valence-electron chi connectivity index (χ1n) is 5.50. The maximum absolute atomic E-state index is 12.1. The molecule has 1 aromatic rings. The van der Waals surface area contributed by atoms with Gasteiger partial charge in [0.05, 0.1) is 4.90 Å². The van der Waals surface area contributed by atoms with Crippen LogP contribution in [0.5, 0.6) is 0 Å². The summed E-state index contributed by atoms with van der Waals surface area (Å²) in [7, 11) is -3.41. The summed E-state index contributed by atoms with van der Waals surface area (Å²) < 4.78 is 24.1. The maximum Gasteiger partial charge on any atom is 0.253 e. The molecule has 1 aromatic carbocycles. The Balaban J connectivity index is 2.10. The number of sulfonamides is 1. The second-order valence-corrected chi connectivity index (χ2v) is 6.89. The van der Waals surface area contributed by atoms with Crippen molar-refractivity contribution in [3.63, 3.8) is 0 Å². The van der Waals surface area contributed by atoms with Crippen molar-refractivity contribution in [1.29, 1.82) is 0 Å². The Labute approximate surface area is 106 Å². The Morgan fingerprint density at radius 3 is 2.35 bits per heavy atom. The van der Waals surface area contributed by atoms with E-state index >= 15 is 0 Å². The molecule has 0 radical (unpaired) electrons. The summed E-state index contributed by atoms with van der Waals surface area (Å²) in [5.41, 5.74) is 1.05. The lowest BCUT2D eigenvalue weighted by Gasteiger charge is -2.26. The first-order chi connectivity index (χ1) is 8.08. The number of aryl methyl sites for hydroxylation is 1. The van der Waals surface area contributed by atoms with Crippen molar-refractivity contribution < 1.29 is 8.42 Å². The molecule has 0 bridgehead atoms. The van der Waals surface area contributed by atoms with E-state index in [0.29, 0.717) is 4.90 Å². The summed E-state index contributed by atoms with van der Waals surface area (Å²) in [6.07, 6.45) is 0. The van der Waals surface area contributed by atoms with Crippen LogP contribution in [-0.2, 0) is 10.0 Å². The van der Waals surface area contributed by atoms with E-state index in [-0.39, 0.29) is 0 Å². The molecule has 2 rings (SSSR count). The molecule has 1 aliphatic heterocycles. The SMILES string of the molecule is Cc1ccc(S(=O)(=O)NN2CCSCC2)cc1. The Kier molecular flexibility index (Phi) is 4.09. The summed E-state index contributed by atoms with van der Waals surface area (Å²) in [4.78, 5) is 2.94. The van der Waals surface area contributed by atoms with Crippen molar-refractivity contribution in [2.45, 2.75) is 11.8 Å². The second kappa shape index (κ2) is 5.39. The zero-order chi connectivity index (χ0) is 12.3. The zero-order valence-corrected chi connectivity index (χ0v) is 11.4. The van der Waals surface area contributed by atoms with E-state index in [2.05, 4.69) is 4.83 Å². The number of hydrogen-bond donors (Lipinski definition) is 1. The minimum absolute atomic E-state index is 0.321. The van der Waals surface area contributed by atoms with Crippen LogP contribution in [0.2, 0.25) is 0 Å². The number of thioether (sulfide) groups is 1. The van der Waals surface area contributed by atoms with E-state index in [1.54, 1.807) is 29.3 Å². The van der Waals surface area contributed by atoms with Crippen LogP contribution in [0.3, 0.4) is 0 Å². The van der Waals surface area contributed by atoms with E-state index in [1.165, 1.54) is 0 Å². The predicted octanol–water partition coefficient (Wildman–Crippen LogP) is 1.24. The lowest BCUT2D eigenvalue weighted by Crippen LogP contribution is -2.46. The van der Waals surface area contributed by atoms with Gasteiger partial charge in [0.15, 0.2) is 0 Å². The van der Waals surface area contributed by atoms with Gasteiger partial charge in [0, 0.05) is 24.6 Å². The quantitative estimate of drug-likeness (QED) is 0.899. The Bertz CT molecular complexity index is 465. The number of nitrogens with zero attached hydrogens (tertiary/aromatic N) is 1. The fourth-order valence-corrected chi connectivity index (χ4v) is 3.62. The third kappa shape index (κ3) is 3.45. The van der Waals surface area contributed by atoms with Gasteiger partial charge in [0.25, 0.3) is 10.0 Å². The summed E-state index contributed by atoms with van der Waals surface area (Å²) in [6, 6.07) is 6.88. The zero-order valence-electron chi connectivity index (χ0n) is 9.72. The van der Waals surface area contributed by atoms with Crippen molar-refractivity contribution in [2.24, 2.45) is 0 Å². The summed E-state index contributed by atoms with van der Waals surface area (Å²) in [5, 5.41) is 1.77.